The highest BCUT2D eigenvalue weighted by atomic mass is 15.2. The minimum absolute atomic E-state index is 0.840. The Morgan fingerprint density at radius 3 is 2.89 bits per heavy atom. The van der Waals surface area contributed by atoms with Gasteiger partial charge >= 0.3 is 0 Å². The van der Waals surface area contributed by atoms with Gasteiger partial charge in [-0.1, -0.05) is 12.1 Å². The number of aryl methyl sites for hydroxylation is 1. The number of nitrogens with one attached hydrogen (secondary N) is 1. The molecule has 19 heavy (non-hydrogen) atoms. The van der Waals surface area contributed by atoms with Crippen LogP contribution in [0.25, 0.3) is 11.0 Å². The van der Waals surface area contributed by atoms with Gasteiger partial charge in [0.05, 0.1) is 11.0 Å². The van der Waals surface area contributed by atoms with E-state index in [1.165, 1.54) is 31.4 Å². The van der Waals surface area contributed by atoms with Crippen LogP contribution in [0.3, 0.4) is 0 Å². The number of hydrogen-bond acceptors (Lipinski definition) is 3. The van der Waals surface area contributed by atoms with E-state index in [1.54, 1.807) is 0 Å². The van der Waals surface area contributed by atoms with Crippen molar-refractivity contribution in [1.82, 2.24) is 14.5 Å². The Hall–Kier alpha value is -1.55. The molecule has 0 radical (unpaired) electrons. The summed E-state index contributed by atoms with van der Waals surface area (Å²) in [6.07, 6.45) is 2.56. The summed E-state index contributed by atoms with van der Waals surface area (Å²) in [4.78, 5) is 7.05. The van der Waals surface area contributed by atoms with Gasteiger partial charge in [-0.15, -0.1) is 0 Å². The standard InChI is InChI=1S/C15H22N4/c1-18-10-8-12(11-18)7-9-16-15-17-13-5-3-4-6-14(13)19(15)2/h3-6,12H,7-11H2,1-2H3,(H,16,17). The second kappa shape index (κ2) is 5.21. The molecule has 1 aliphatic rings. The van der Waals surface area contributed by atoms with E-state index in [2.05, 4.69) is 52.1 Å². The highest BCUT2D eigenvalue weighted by Crippen LogP contribution is 2.20. The van der Waals surface area contributed by atoms with Crippen LogP contribution in [-0.4, -0.2) is 41.1 Å². The molecule has 2 aromatic rings. The molecule has 102 valence electrons. The molecule has 3 rings (SSSR count). The lowest BCUT2D eigenvalue weighted by atomic mass is 10.1. The summed E-state index contributed by atoms with van der Waals surface area (Å²) < 4.78 is 2.14. The lowest BCUT2D eigenvalue weighted by Crippen LogP contribution is -2.16. The first kappa shape index (κ1) is 12.5. The monoisotopic (exact) mass is 258 g/mol. The van der Waals surface area contributed by atoms with E-state index in [-0.39, 0.29) is 0 Å². The van der Waals surface area contributed by atoms with Crippen LogP contribution in [0.4, 0.5) is 5.95 Å². The minimum atomic E-state index is 0.840. The minimum Gasteiger partial charge on any atom is -0.356 e. The van der Waals surface area contributed by atoms with Crippen molar-refractivity contribution in [2.45, 2.75) is 12.8 Å². The van der Waals surface area contributed by atoms with Gasteiger partial charge in [-0.05, 0) is 44.5 Å². The number of anilines is 1. The van der Waals surface area contributed by atoms with Crippen LogP contribution >= 0.6 is 0 Å². The fourth-order valence-electron chi connectivity index (χ4n) is 2.95. The highest BCUT2D eigenvalue weighted by molar-refractivity contribution is 5.78. The smallest absolute Gasteiger partial charge is 0.203 e. The Bertz CT molecular complexity index is 560. The van der Waals surface area contributed by atoms with Crippen molar-refractivity contribution in [2.75, 3.05) is 32.0 Å². The molecule has 1 aliphatic heterocycles. The molecule has 0 spiro atoms. The van der Waals surface area contributed by atoms with Crippen molar-refractivity contribution in [3.05, 3.63) is 24.3 Å². The molecular weight excluding hydrogens is 236 g/mol. The number of benzene rings is 1. The van der Waals surface area contributed by atoms with Crippen LogP contribution in [0, 0.1) is 5.92 Å². The zero-order valence-electron chi connectivity index (χ0n) is 11.8. The predicted molar refractivity (Wildman–Crippen MR) is 79.4 cm³/mol. The molecule has 2 heterocycles. The van der Waals surface area contributed by atoms with E-state index in [0.29, 0.717) is 0 Å². The first-order valence-corrected chi connectivity index (χ1v) is 7.08. The number of hydrogen-bond donors (Lipinski definition) is 1. The third kappa shape index (κ3) is 2.59. The maximum absolute atomic E-state index is 4.63. The predicted octanol–water partition coefficient (Wildman–Crippen LogP) is 2.33. The Labute approximate surface area is 114 Å². The van der Waals surface area contributed by atoms with Crippen molar-refractivity contribution in [1.29, 1.82) is 0 Å². The number of rotatable bonds is 4. The number of para-hydroxylation sites is 2. The largest absolute Gasteiger partial charge is 0.356 e. The lowest BCUT2D eigenvalue weighted by Gasteiger charge is -2.11. The SMILES string of the molecule is CN1CCC(CCNc2nc3ccccc3n2C)C1. The Morgan fingerprint density at radius 1 is 1.32 bits per heavy atom. The third-order valence-electron chi connectivity index (χ3n) is 4.11. The first-order valence-electron chi connectivity index (χ1n) is 7.08. The van der Waals surface area contributed by atoms with Crippen molar-refractivity contribution in [3.63, 3.8) is 0 Å². The van der Waals surface area contributed by atoms with Gasteiger partial charge in [0.15, 0.2) is 0 Å². The topological polar surface area (TPSA) is 33.1 Å². The molecule has 1 fully saturated rings. The maximum atomic E-state index is 4.63. The zero-order chi connectivity index (χ0) is 13.2. The summed E-state index contributed by atoms with van der Waals surface area (Å²) >= 11 is 0. The molecule has 4 heteroatoms. The van der Waals surface area contributed by atoms with E-state index in [9.17, 15) is 0 Å². The summed E-state index contributed by atoms with van der Waals surface area (Å²) in [6, 6.07) is 8.27. The molecule has 0 aliphatic carbocycles. The average Bonchev–Trinajstić information content (AvgIpc) is 2.96. The van der Waals surface area contributed by atoms with Gasteiger partial charge in [0, 0.05) is 20.1 Å². The average molecular weight is 258 g/mol. The molecule has 0 bridgehead atoms. The maximum Gasteiger partial charge on any atom is 0.203 e. The second-order valence-electron chi connectivity index (χ2n) is 5.62. The molecule has 0 saturated carbocycles. The van der Waals surface area contributed by atoms with Crippen molar-refractivity contribution in [2.24, 2.45) is 13.0 Å². The molecule has 0 amide bonds. The van der Waals surface area contributed by atoms with Crippen LogP contribution in [0.1, 0.15) is 12.8 Å². The van der Waals surface area contributed by atoms with Crippen LogP contribution in [0.15, 0.2) is 24.3 Å². The van der Waals surface area contributed by atoms with Crippen molar-refractivity contribution >= 4 is 17.0 Å². The molecule has 1 aromatic carbocycles. The van der Waals surface area contributed by atoms with Crippen molar-refractivity contribution in [3.8, 4) is 0 Å². The van der Waals surface area contributed by atoms with Crippen LogP contribution in [0.5, 0.6) is 0 Å². The molecule has 1 aromatic heterocycles. The molecule has 4 nitrogen and oxygen atoms in total. The lowest BCUT2D eigenvalue weighted by molar-refractivity contribution is 0.390. The summed E-state index contributed by atoms with van der Waals surface area (Å²) in [5.74, 6) is 1.82. The van der Waals surface area contributed by atoms with E-state index in [4.69, 9.17) is 0 Å². The third-order valence-corrected chi connectivity index (χ3v) is 4.11. The van der Waals surface area contributed by atoms with Crippen molar-refractivity contribution < 1.29 is 0 Å². The summed E-state index contributed by atoms with van der Waals surface area (Å²) in [6.45, 7) is 3.50. The van der Waals surface area contributed by atoms with Gasteiger partial charge < -0.3 is 14.8 Å². The Kier molecular flexibility index (Phi) is 3.42. The highest BCUT2D eigenvalue weighted by Gasteiger charge is 2.18. The van der Waals surface area contributed by atoms with Gasteiger partial charge in [0.1, 0.15) is 0 Å². The number of imidazole rings is 1. The molecule has 1 unspecified atom stereocenters. The number of aromatic nitrogens is 2. The van der Waals surface area contributed by atoms with Gasteiger partial charge in [-0.2, -0.15) is 0 Å². The quantitative estimate of drug-likeness (QED) is 0.913. The van der Waals surface area contributed by atoms with E-state index in [1.807, 2.05) is 6.07 Å². The number of nitrogens with zero attached hydrogens (tertiary/aromatic N) is 3. The molecule has 1 N–H and O–H groups in total. The summed E-state index contributed by atoms with van der Waals surface area (Å²) in [5, 5.41) is 3.48. The number of likely N-dealkylation sites (tertiary alicyclic amines) is 1. The first-order chi connectivity index (χ1) is 9.24. The van der Waals surface area contributed by atoms with Gasteiger partial charge in [-0.25, -0.2) is 4.98 Å². The normalized spacial score (nSPS) is 20.2. The van der Waals surface area contributed by atoms with E-state index < -0.39 is 0 Å². The summed E-state index contributed by atoms with van der Waals surface area (Å²) in [7, 11) is 4.28. The molecular formula is C15H22N4. The van der Waals surface area contributed by atoms with Crippen LogP contribution in [0.2, 0.25) is 0 Å². The van der Waals surface area contributed by atoms with E-state index >= 15 is 0 Å². The fourth-order valence-corrected chi connectivity index (χ4v) is 2.95. The molecule has 1 saturated heterocycles. The number of fused-ring (bicyclic) bond motifs is 1. The van der Waals surface area contributed by atoms with Gasteiger partial charge in [-0.3, -0.25) is 0 Å². The summed E-state index contributed by atoms with van der Waals surface area (Å²) in [5.41, 5.74) is 2.25. The fraction of sp³-hybridized carbons (Fsp3) is 0.533. The van der Waals surface area contributed by atoms with E-state index in [0.717, 1.165) is 23.9 Å². The van der Waals surface area contributed by atoms with Gasteiger partial charge in [0.25, 0.3) is 0 Å². The Balaban J connectivity index is 1.61. The second-order valence-corrected chi connectivity index (χ2v) is 5.62. The molecule has 1 atom stereocenters. The van der Waals surface area contributed by atoms with Gasteiger partial charge in [0.2, 0.25) is 5.95 Å². The van der Waals surface area contributed by atoms with Crippen LogP contribution < -0.4 is 5.32 Å². The van der Waals surface area contributed by atoms with Crippen LogP contribution in [-0.2, 0) is 7.05 Å². The zero-order valence-corrected chi connectivity index (χ0v) is 11.8. The Morgan fingerprint density at radius 2 is 2.16 bits per heavy atom.